The minimum Gasteiger partial charge on any atom is -0.480 e. The highest BCUT2D eigenvalue weighted by Crippen LogP contribution is 2.16. The first-order valence-corrected chi connectivity index (χ1v) is 7.56. The largest absolute Gasteiger partial charge is 0.480 e. The van der Waals surface area contributed by atoms with Gasteiger partial charge >= 0.3 is 5.97 Å². The highest BCUT2D eigenvalue weighted by molar-refractivity contribution is 6.31. The maximum Gasteiger partial charge on any atom is 0.326 e. The highest BCUT2D eigenvalue weighted by Gasteiger charge is 2.24. The average Bonchev–Trinajstić information content (AvgIpc) is 2.95. The van der Waals surface area contributed by atoms with Crippen molar-refractivity contribution in [3.05, 3.63) is 52.8 Å². The van der Waals surface area contributed by atoms with Crippen molar-refractivity contribution in [3.8, 4) is 0 Å². The van der Waals surface area contributed by atoms with Gasteiger partial charge in [-0.25, -0.2) is 4.79 Å². The third-order valence-electron chi connectivity index (χ3n) is 3.40. The van der Waals surface area contributed by atoms with Crippen molar-refractivity contribution < 1.29 is 14.7 Å². The summed E-state index contributed by atoms with van der Waals surface area (Å²) in [6.45, 7) is 3.90. The second kappa shape index (κ2) is 7.28. The van der Waals surface area contributed by atoms with Crippen LogP contribution < -0.4 is 5.32 Å². The predicted octanol–water partition coefficient (Wildman–Crippen LogP) is 2.42. The van der Waals surface area contributed by atoms with Gasteiger partial charge in [-0.3, -0.25) is 9.48 Å². The van der Waals surface area contributed by atoms with Gasteiger partial charge in [-0.15, -0.1) is 0 Å². The second-order valence-electron chi connectivity index (χ2n) is 5.55. The molecule has 0 saturated carbocycles. The molecule has 0 fully saturated rings. The van der Waals surface area contributed by atoms with Gasteiger partial charge in [0.25, 0.3) is 5.91 Å². The summed E-state index contributed by atoms with van der Waals surface area (Å²) in [6.07, 6.45) is 2.98. The summed E-state index contributed by atoms with van der Waals surface area (Å²) in [5.74, 6) is -1.73. The molecule has 1 heterocycles. The highest BCUT2D eigenvalue weighted by atomic mass is 35.5. The van der Waals surface area contributed by atoms with Gasteiger partial charge in [0.15, 0.2) is 0 Å². The number of halogens is 1. The molecule has 1 atom stereocenters. The Kier molecular flexibility index (Phi) is 5.39. The number of nitrogens with zero attached hydrogens (tertiary/aromatic N) is 2. The maximum atomic E-state index is 12.1. The number of aromatic nitrogens is 2. The number of amides is 1. The number of hydrogen-bond donors (Lipinski definition) is 2. The molecule has 0 aliphatic rings. The van der Waals surface area contributed by atoms with Gasteiger partial charge < -0.3 is 10.4 Å². The molecule has 0 bridgehead atoms. The minimum absolute atomic E-state index is 0.213. The third kappa shape index (κ3) is 4.32. The maximum absolute atomic E-state index is 12.1. The van der Waals surface area contributed by atoms with Gasteiger partial charge in [0, 0.05) is 11.2 Å². The van der Waals surface area contributed by atoms with Crippen molar-refractivity contribution in [1.29, 1.82) is 0 Å². The number of carboxylic acids is 1. The van der Waals surface area contributed by atoms with Gasteiger partial charge in [-0.2, -0.15) is 5.10 Å². The summed E-state index contributed by atoms with van der Waals surface area (Å²) < 4.78 is 1.58. The lowest BCUT2D eigenvalue weighted by Crippen LogP contribution is -2.44. The predicted molar refractivity (Wildman–Crippen MR) is 86.5 cm³/mol. The van der Waals surface area contributed by atoms with E-state index in [2.05, 4.69) is 10.4 Å². The first-order chi connectivity index (χ1) is 10.9. The van der Waals surface area contributed by atoms with Crippen molar-refractivity contribution in [1.82, 2.24) is 15.1 Å². The van der Waals surface area contributed by atoms with Crippen LogP contribution in [0.1, 0.15) is 29.8 Å². The van der Waals surface area contributed by atoms with Crippen LogP contribution in [0.15, 0.2) is 36.7 Å². The fourth-order valence-corrected chi connectivity index (χ4v) is 2.30. The number of carboxylic acid groups (broad SMARTS) is 1. The molecular weight excluding hydrogens is 318 g/mol. The molecule has 2 aromatic rings. The molecule has 0 saturated heterocycles. The number of carbonyl (C=O) groups is 2. The number of hydrogen-bond acceptors (Lipinski definition) is 3. The lowest BCUT2D eigenvalue weighted by molar-refractivity contribution is -0.140. The molecule has 7 heteroatoms. The number of aliphatic carboxylic acids is 1. The average molecular weight is 336 g/mol. The topological polar surface area (TPSA) is 84.2 Å². The molecule has 0 spiro atoms. The molecule has 1 aromatic carbocycles. The summed E-state index contributed by atoms with van der Waals surface area (Å²) >= 11 is 6.10. The summed E-state index contributed by atoms with van der Waals surface area (Å²) in [4.78, 5) is 23.3. The zero-order valence-corrected chi connectivity index (χ0v) is 13.6. The van der Waals surface area contributed by atoms with E-state index in [0.717, 1.165) is 5.56 Å². The van der Waals surface area contributed by atoms with Gasteiger partial charge in [0.1, 0.15) is 6.04 Å². The van der Waals surface area contributed by atoms with Crippen molar-refractivity contribution >= 4 is 23.5 Å². The molecule has 1 unspecified atom stereocenters. The van der Waals surface area contributed by atoms with Gasteiger partial charge in [0.2, 0.25) is 0 Å². The van der Waals surface area contributed by atoms with E-state index in [4.69, 9.17) is 16.7 Å². The van der Waals surface area contributed by atoms with Crippen molar-refractivity contribution in [3.63, 3.8) is 0 Å². The summed E-state index contributed by atoms with van der Waals surface area (Å²) in [6, 6.07) is 6.44. The summed E-state index contributed by atoms with van der Waals surface area (Å²) in [5, 5.41) is 16.4. The molecule has 0 radical (unpaired) electrons. The Morgan fingerprint density at radius 1 is 1.35 bits per heavy atom. The van der Waals surface area contributed by atoms with Crippen molar-refractivity contribution in [2.45, 2.75) is 26.4 Å². The van der Waals surface area contributed by atoms with Crippen LogP contribution in [0.4, 0.5) is 0 Å². The van der Waals surface area contributed by atoms with Gasteiger partial charge in [-0.1, -0.05) is 43.6 Å². The van der Waals surface area contributed by atoms with Crippen LogP contribution in [0.3, 0.4) is 0 Å². The Bertz CT molecular complexity index is 712. The van der Waals surface area contributed by atoms with Gasteiger partial charge in [0.05, 0.1) is 18.3 Å². The molecule has 2 rings (SSSR count). The van der Waals surface area contributed by atoms with Crippen LogP contribution in [0.5, 0.6) is 0 Å². The zero-order valence-electron chi connectivity index (χ0n) is 12.9. The molecule has 0 aliphatic carbocycles. The van der Waals surface area contributed by atoms with Crippen molar-refractivity contribution in [2.24, 2.45) is 5.92 Å². The molecule has 23 heavy (non-hydrogen) atoms. The van der Waals surface area contributed by atoms with Crippen LogP contribution >= 0.6 is 11.6 Å². The zero-order chi connectivity index (χ0) is 17.0. The van der Waals surface area contributed by atoms with E-state index < -0.39 is 17.9 Å². The lowest BCUT2D eigenvalue weighted by Gasteiger charge is -2.17. The molecule has 2 N–H and O–H groups in total. The number of carbonyl (C=O) groups excluding carboxylic acids is 1. The Balaban J connectivity index is 2.08. The van der Waals surface area contributed by atoms with Crippen molar-refractivity contribution in [2.75, 3.05) is 0 Å². The van der Waals surface area contributed by atoms with E-state index >= 15 is 0 Å². The van der Waals surface area contributed by atoms with Crippen LogP contribution in [0.2, 0.25) is 5.02 Å². The van der Waals surface area contributed by atoms with E-state index in [0.29, 0.717) is 17.1 Å². The monoisotopic (exact) mass is 335 g/mol. The molecule has 122 valence electrons. The summed E-state index contributed by atoms with van der Waals surface area (Å²) in [5.41, 5.74) is 1.19. The molecular formula is C16H18ClN3O3. The normalized spacial score (nSPS) is 12.2. The first-order valence-electron chi connectivity index (χ1n) is 7.18. The quantitative estimate of drug-likeness (QED) is 0.849. The molecule has 0 aliphatic heterocycles. The molecule has 1 amide bonds. The molecule has 1 aromatic heterocycles. The Labute approximate surface area is 139 Å². The second-order valence-corrected chi connectivity index (χ2v) is 5.96. The third-order valence-corrected chi connectivity index (χ3v) is 3.77. The van der Waals surface area contributed by atoms with E-state index in [9.17, 15) is 9.59 Å². The molecule has 6 nitrogen and oxygen atoms in total. The standard InChI is InChI=1S/C16H18ClN3O3/c1-10(2)14(16(22)23)19-15(21)12-7-18-20(9-12)8-11-5-3-4-6-13(11)17/h3-7,9-10,14H,8H2,1-2H3,(H,19,21)(H,22,23). The van der Waals surface area contributed by atoms with Crippen LogP contribution in [0, 0.1) is 5.92 Å². The minimum atomic E-state index is -1.06. The Hall–Kier alpha value is -2.34. The fraction of sp³-hybridized carbons (Fsp3) is 0.312. The van der Waals surface area contributed by atoms with E-state index in [-0.39, 0.29) is 5.92 Å². The van der Waals surface area contributed by atoms with Crippen LogP contribution in [-0.4, -0.2) is 32.8 Å². The SMILES string of the molecule is CC(C)C(NC(=O)c1cnn(Cc2ccccc2Cl)c1)C(=O)O. The van der Waals surface area contributed by atoms with E-state index in [1.54, 1.807) is 30.8 Å². The van der Waals surface area contributed by atoms with E-state index in [1.807, 2.05) is 18.2 Å². The van der Waals surface area contributed by atoms with Crippen LogP contribution in [-0.2, 0) is 11.3 Å². The van der Waals surface area contributed by atoms with Gasteiger partial charge in [-0.05, 0) is 17.5 Å². The number of rotatable bonds is 6. The fourth-order valence-electron chi connectivity index (χ4n) is 2.11. The number of nitrogens with one attached hydrogen (secondary N) is 1. The number of benzene rings is 1. The smallest absolute Gasteiger partial charge is 0.326 e. The first kappa shape index (κ1) is 17.0. The van der Waals surface area contributed by atoms with Crippen LogP contribution in [0.25, 0.3) is 0 Å². The summed E-state index contributed by atoms with van der Waals surface area (Å²) in [7, 11) is 0. The Morgan fingerprint density at radius 3 is 2.65 bits per heavy atom. The van der Waals surface area contributed by atoms with E-state index in [1.165, 1.54) is 6.20 Å². The Morgan fingerprint density at radius 2 is 2.04 bits per heavy atom. The lowest BCUT2D eigenvalue weighted by atomic mass is 10.0.